The van der Waals surface area contributed by atoms with Crippen LogP contribution < -0.4 is 0 Å². The van der Waals surface area contributed by atoms with Gasteiger partial charge in [-0.25, -0.2) is 0 Å². The number of allylic oxidation sites excluding steroid dienone is 12. The van der Waals surface area contributed by atoms with E-state index >= 15 is 0 Å². The molecule has 0 heterocycles. The molecule has 6 heteroatoms. The molecule has 0 aromatic heterocycles. The van der Waals surface area contributed by atoms with E-state index in [0.717, 1.165) is 103 Å². The van der Waals surface area contributed by atoms with Gasteiger partial charge in [0.15, 0.2) is 6.10 Å². The van der Waals surface area contributed by atoms with Gasteiger partial charge in [-0.1, -0.05) is 190 Å². The average Bonchev–Trinajstić information content (AvgIpc) is 3.22. The fourth-order valence-corrected chi connectivity index (χ4v) is 6.35. The van der Waals surface area contributed by atoms with Crippen LogP contribution >= 0.6 is 0 Å². The molecular formula is C52H88O6. The zero-order valence-electron chi connectivity index (χ0n) is 37.8. The van der Waals surface area contributed by atoms with Gasteiger partial charge >= 0.3 is 17.9 Å². The SMILES string of the molecule is CC\C=C/C=C\C=C/CCCCCCCC(=O)OC(COC(=O)CCCCC/C=C\C=C/CCCC)COC(=O)CCCCCCC/C=C\CCCCCCCCC. The van der Waals surface area contributed by atoms with Crippen LogP contribution in [-0.2, 0) is 28.6 Å². The summed E-state index contributed by atoms with van der Waals surface area (Å²) in [5.41, 5.74) is 0. The van der Waals surface area contributed by atoms with Crippen LogP contribution in [0.4, 0.5) is 0 Å². The number of hydrogen-bond donors (Lipinski definition) is 0. The third-order valence-corrected chi connectivity index (χ3v) is 10.0. The summed E-state index contributed by atoms with van der Waals surface area (Å²) in [6, 6.07) is 0. The second-order valence-corrected chi connectivity index (χ2v) is 15.7. The van der Waals surface area contributed by atoms with Crippen molar-refractivity contribution < 1.29 is 28.6 Å². The predicted molar refractivity (Wildman–Crippen MR) is 247 cm³/mol. The van der Waals surface area contributed by atoms with Crippen LogP contribution in [-0.4, -0.2) is 37.2 Å². The number of ether oxygens (including phenoxy) is 3. The topological polar surface area (TPSA) is 78.9 Å². The minimum absolute atomic E-state index is 0.0974. The maximum absolute atomic E-state index is 12.7. The zero-order valence-corrected chi connectivity index (χ0v) is 37.8. The van der Waals surface area contributed by atoms with Crippen LogP contribution in [0, 0.1) is 0 Å². The van der Waals surface area contributed by atoms with E-state index in [1.54, 1.807) is 0 Å². The first-order chi connectivity index (χ1) is 28.5. The minimum atomic E-state index is -0.798. The Bertz CT molecular complexity index is 1110. The van der Waals surface area contributed by atoms with Crippen molar-refractivity contribution in [2.45, 2.75) is 226 Å². The van der Waals surface area contributed by atoms with Crippen molar-refractivity contribution in [3.63, 3.8) is 0 Å². The third kappa shape index (κ3) is 44.0. The lowest BCUT2D eigenvalue weighted by Crippen LogP contribution is -2.30. The van der Waals surface area contributed by atoms with E-state index in [1.165, 1.54) is 77.0 Å². The summed E-state index contributed by atoms with van der Waals surface area (Å²) in [5, 5.41) is 0. The first-order valence-electron chi connectivity index (χ1n) is 24.0. The molecule has 1 unspecified atom stereocenters. The van der Waals surface area contributed by atoms with Crippen LogP contribution in [0.3, 0.4) is 0 Å². The van der Waals surface area contributed by atoms with Gasteiger partial charge in [-0.05, 0) is 83.5 Å². The molecule has 0 saturated heterocycles. The Morgan fingerprint density at radius 2 is 0.707 bits per heavy atom. The lowest BCUT2D eigenvalue weighted by atomic mass is 10.1. The quantitative estimate of drug-likeness (QED) is 0.0201. The van der Waals surface area contributed by atoms with Crippen molar-refractivity contribution >= 4 is 17.9 Å². The lowest BCUT2D eigenvalue weighted by molar-refractivity contribution is -0.167. The summed E-state index contributed by atoms with van der Waals surface area (Å²) in [4.78, 5) is 37.8. The largest absolute Gasteiger partial charge is 0.462 e. The van der Waals surface area contributed by atoms with Crippen LogP contribution in [0.2, 0.25) is 0 Å². The molecule has 0 fully saturated rings. The molecule has 0 N–H and O–H groups in total. The van der Waals surface area contributed by atoms with Crippen LogP contribution in [0.15, 0.2) is 72.9 Å². The summed E-state index contributed by atoms with van der Waals surface area (Å²) < 4.78 is 16.7. The maximum Gasteiger partial charge on any atom is 0.306 e. The summed E-state index contributed by atoms with van der Waals surface area (Å²) in [6.07, 6.45) is 57.4. The maximum atomic E-state index is 12.7. The highest BCUT2D eigenvalue weighted by Crippen LogP contribution is 2.13. The average molecular weight is 809 g/mol. The molecule has 0 rings (SSSR count). The predicted octanol–water partition coefficient (Wildman–Crippen LogP) is 15.5. The standard InChI is InChI=1S/C52H88O6/c1-4-7-10-13-16-19-22-24-25-26-28-30-33-36-39-42-45-51(54)57-48-49(47-56-50(53)44-41-38-35-32-29-21-18-15-12-9-6-3)58-52(55)46-43-40-37-34-31-27-23-20-17-14-11-8-5-2/h8,11,14-15,17-18,20-21,23,25-26,29,49H,4-7,9-10,12-13,16,19,22,24,27-28,30-48H2,1-3H3/b11-8-,17-14-,18-15-,23-20-,26-25-,29-21-. The van der Waals surface area contributed by atoms with E-state index in [1.807, 2.05) is 0 Å². The first kappa shape index (κ1) is 54.9. The number of unbranched alkanes of at least 4 members (excludes halogenated alkanes) is 22. The third-order valence-electron chi connectivity index (χ3n) is 10.0. The second-order valence-electron chi connectivity index (χ2n) is 15.7. The van der Waals surface area contributed by atoms with Gasteiger partial charge in [-0.2, -0.15) is 0 Å². The molecule has 0 aliphatic rings. The summed E-state index contributed by atoms with van der Waals surface area (Å²) in [7, 11) is 0. The number of carbonyl (C=O) groups is 3. The van der Waals surface area contributed by atoms with Crippen molar-refractivity contribution in [3.05, 3.63) is 72.9 Å². The second kappa shape index (κ2) is 46.5. The molecule has 58 heavy (non-hydrogen) atoms. The lowest BCUT2D eigenvalue weighted by Gasteiger charge is -2.18. The molecular weight excluding hydrogens is 721 g/mol. The molecule has 0 aliphatic carbocycles. The van der Waals surface area contributed by atoms with Gasteiger partial charge in [0.1, 0.15) is 13.2 Å². The fraction of sp³-hybridized carbons (Fsp3) is 0.712. The molecule has 1 atom stereocenters. The Kier molecular flexibility index (Phi) is 44.0. The Hall–Kier alpha value is -3.15. The summed E-state index contributed by atoms with van der Waals surface area (Å²) in [6.45, 7) is 6.39. The van der Waals surface area contributed by atoms with E-state index in [4.69, 9.17) is 14.2 Å². The van der Waals surface area contributed by atoms with Crippen LogP contribution in [0.25, 0.3) is 0 Å². The van der Waals surface area contributed by atoms with E-state index < -0.39 is 6.10 Å². The van der Waals surface area contributed by atoms with E-state index in [-0.39, 0.29) is 31.1 Å². The van der Waals surface area contributed by atoms with E-state index in [9.17, 15) is 14.4 Å². The van der Waals surface area contributed by atoms with Crippen molar-refractivity contribution in [2.75, 3.05) is 13.2 Å². The van der Waals surface area contributed by atoms with E-state index in [0.29, 0.717) is 19.3 Å². The van der Waals surface area contributed by atoms with Crippen molar-refractivity contribution in [2.24, 2.45) is 0 Å². The van der Waals surface area contributed by atoms with Gasteiger partial charge < -0.3 is 14.2 Å². The number of hydrogen-bond acceptors (Lipinski definition) is 6. The molecule has 332 valence electrons. The zero-order chi connectivity index (χ0) is 42.3. The van der Waals surface area contributed by atoms with Gasteiger partial charge in [0, 0.05) is 19.3 Å². The van der Waals surface area contributed by atoms with Gasteiger partial charge in [0.2, 0.25) is 0 Å². The molecule has 0 aliphatic heterocycles. The number of rotatable bonds is 42. The molecule has 0 amide bonds. The Balaban J connectivity index is 4.44. The smallest absolute Gasteiger partial charge is 0.306 e. The molecule has 0 bridgehead atoms. The normalized spacial score (nSPS) is 12.7. The number of carbonyl (C=O) groups excluding carboxylic acids is 3. The monoisotopic (exact) mass is 809 g/mol. The Morgan fingerprint density at radius 3 is 1.17 bits per heavy atom. The fourth-order valence-electron chi connectivity index (χ4n) is 6.35. The Labute approximate surface area is 357 Å². The van der Waals surface area contributed by atoms with Gasteiger partial charge in [-0.3, -0.25) is 14.4 Å². The molecule has 0 spiro atoms. The molecule has 0 saturated carbocycles. The molecule has 0 aromatic rings. The van der Waals surface area contributed by atoms with E-state index in [2.05, 4.69) is 93.7 Å². The number of esters is 3. The minimum Gasteiger partial charge on any atom is -0.462 e. The highest BCUT2D eigenvalue weighted by molar-refractivity contribution is 5.71. The summed E-state index contributed by atoms with van der Waals surface area (Å²) >= 11 is 0. The highest BCUT2D eigenvalue weighted by atomic mass is 16.6. The molecule has 0 radical (unpaired) electrons. The van der Waals surface area contributed by atoms with Crippen LogP contribution in [0.1, 0.15) is 220 Å². The summed E-state index contributed by atoms with van der Waals surface area (Å²) in [5.74, 6) is -0.958. The van der Waals surface area contributed by atoms with Crippen molar-refractivity contribution in [1.29, 1.82) is 0 Å². The van der Waals surface area contributed by atoms with Gasteiger partial charge in [0.05, 0.1) is 0 Å². The highest BCUT2D eigenvalue weighted by Gasteiger charge is 2.19. The van der Waals surface area contributed by atoms with Crippen molar-refractivity contribution in [3.8, 4) is 0 Å². The van der Waals surface area contributed by atoms with Crippen LogP contribution in [0.5, 0.6) is 0 Å². The van der Waals surface area contributed by atoms with Crippen molar-refractivity contribution in [1.82, 2.24) is 0 Å². The molecule has 6 nitrogen and oxygen atoms in total. The molecule has 0 aromatic carbocycles. The van der Waals surface area contributed by atoms with Gasteiger partial charge in [0.25, 0.3) is 0 Å². The Morgan fingerprint density at radius 1 is 0.362 bits per heavy atom. The van der Waals surface area contributed by atoms with Gasteiger partial charge in [-0.15, -0.1) is 0 Å². The first-order valence-corrected chi connectivity index (χ1v) is 24.0.